The molecule has 10 heteroatoms. The molecule has 2 atom stereocenters. The number of rotatable bonds is 7. The molecule has 6 rings (SSSR count). The van der Waals surface area contributed by atoms with Crippen molar-refractivity contribution in [2.45, 2.75) is 25.3 Å². The first-order chi connectivity index (χ1) is 21.0. The molecule has 0 spiro atoms. The highest BCUT2D eigenvalue weighted by atomic mass is 16.6. The molecular weight excluding hydrogens is 548 g/mol. The van der Waals surface area contributed by atoms with Gasteiger partial charge in [-0.05, 0) is 78.4 Å². The Morgan fingerprint density at radius 2 is 1.67 bits per heavy atom. The van der Waals surface area contributed by atoms with Crippen molar-refractivity contribution in [1.82, 2.24) is 5.01 Å². The summed E-state index contributed by atoms with van der Waals surface area (Å²) in [6.45, 7) is 2.11. The Balaban J connectivity index is 1.39. The van der Waals surface area contributed by atoms with Crippen LogP contribution in [0, 0.1) is 16.0 Å². The minimum Gasteiger partial charge on any atom is -0.497 e. The number of morpholine rings is 1. The van der Waals surface area contributed by atoms with Gasteiger partial charge in [0.2, 0.25) is 0 Å². The highest BCUT2D eigenvalue weighted by Crippen LogP contribution is 2.45. The normalized spacial score (nSPS) is 20.9. The van der Waals surface area contributed by atoms with E-state index < -0.39 is 4.92 Å². The molecule has 222 valence electrons. The van der Waals surface area contributed by atoms with E-state index >= 15 is 0 Å². The van der Waals surface area contributed by atoms with Crippen molar-refractivity contribution in [3.8, 4) is 11.5 Å². The lowest BCUT2D eigenvalue weighted by Crippen LogP contribution is -2.36. The van der Waals surface area contributed by atoms with E-state index in [9.17, 15) is 14.9 Å². The average Bonchev–Trinajstić information content (AvgIpc) is 3.45. The summed E-state index contributed by atoms with van der Waals surface area (Å²) in [7, 11) is 3.26. The molecular formula is C33H34N4O6. The Bertz CT molecular complexity index is 1560. The van der Waals surface area contributed by atoms with E-state index in [1.54, 1.807) is 26.4 Å². The number of benzene rings is 3. The number of nitro benzene ring substituents is 1. The Labute approximate surface area is 250 Å². The fourth-order valence-corrected chi connectivity index (χ4v) is 6.21. The van der Waals surface area contributed by atoms with Crippen LogP contribution < -0.4 is 14.4 Å². The van der Waals surface area contributed by atoms with Gasteiger partial charge >= 0.3 is 0 Å². The summed E-state index contributed by atoms with van der Waals surface area (Å²) in [5, 5.41) is 18.6. The molecule has 3 aromatic carbocycles. The molecule has 1 aliphatic carbocycles. The first-order valence-electron chi connectivity index (χ1n) is 14.5. The monoisotopic (exact) mass is 582 g/mol. The lowest BCUT2D eigenvalue weighted by molar-refractivity contribution is -0.384. The standard InChI is InChI=1S/C33H34N4O6/c1-41-26-11-6-22(7-12-26)20-24-4-3-5-28-31(24)34-36(32(28)23-8-13-27(42-2)14-9-23)33(38)25-10-15-29(30(21-25)37(39)40)35-16-18-43-19-17-35/h6-15,20-21,28,32H,3-5,16-19H2,1-2H3/b24-20+/t28-,32+/m0/s1. The molecule has 3 aliphatic rings. The van der Waals surface area contributed by atoms with Crippen LogP contribution in [0.2, 0.25) is 0 Å². The third-order valence-electron chi connectivity index (χ3n) is 8.39. The van der Waals surface area contributed by atoms with Gasteiger partial charge in [0.1, 0.15) is 17.2 Å². The third kappa shape index (κ3) is 5.70. The zero-order valence-corrected chi connectivity index (χ0v) is 24.3. The zero-order valence-electron chi connectivity index (χ0n) is 24.3. The SMILES string of the molecule is COc1ccc(/C=C2\CCC[C@H]3C2=NN(C(=O)c2ccc(N4CCOCC4)c([N+](=O)[O-])c2)[C@@H]3c2ccc(OC)cc2)cc1. The summed E-state index contributed by atoms with van der Waals surface area (Å²) in [5.74, 6) is 1.12. The summed E-state index contributed by atoms with van der Waals surface area (Å²) in [5.41, 5.74) is 4.55. The quantitative estimate of drug-likeness (QED) is 0.253. The van der Waals surface area contributed by atoms with E-state index in [-0.39, 0.29) is 29.1 Å². The van der Waals surface area contributed by atoms with E-state index in [4.69, 9.17) is 19.3 Å². The molecule has 0 radical (unpaired) electrons. The largest absolute Gasteiger partial charge is 0.497 e. The highest BCUT2D eigenvalue weighted by Gasteiger charge is 2.44. The van der Waals surface area contributed by atoms with E-state index in [1.165, 1.54) is 11.1 Å². The van der Waals surface area contributed by atoms with Crippen LogP contribution in [0.4, 0.5) is 11.4 Å². The number of nitro groups is 1. The average molecular weight is 583 g/mol. The van der Waals surface area contributed by atoms with Gasteiger partial charge < -0.3 is 19.1 Å². The summed E-state index contributed by atoms with van der Waals surface area (Å²) >= 11 is 0. The number of carbonyl (C=O) groups excluding carboxylic acids is 1. The molecule has 2 aliphatic heterocycles. The first kappa shape index (κ1) is 28.4. The lowest BCUT2D eigenvalue weighted by Gasteiger charge is -2.30. The topological polar surface area (TPSA) is 107 Å². The third-order valence-corrected chi connectivity index (χ3v) is 8.39. The molecule has 0 bridgehead atoms. The van der Waals surface area contributed by atoms with Gasteiger partial charge in [0.15, 0.2) is 0 Å². The minimum absolute atomic E-state index is 0.0156. The van der Waals surface area contributed by atoms with Crippen LogP contribution in [-0.2, 0) is 4.74 Å². The summed E-state index contributed by atoms with van der Waals surface area (Å²) in [4.78, 5) is 27.8. The molecule has 1 saturated carbocycles. The predicted octanol–water partition coefficient (Wildman–Crippen LogP) is 5.89. The Kier molecular flexibility index (Phi) is 8.11. The number of hydrazone groups is 1. The van der Waals surface area contributed by atoms with E-state index in [0.717, 1.165) is 53.2 Å². The van der Waals surface area contributed by atoms with Crippen molar-refractivity contribution in [3.63, 3.8) is 0 Å². The maximum Gasteiger partial charge on any atom is 0.293 e. The van der Waals surface area contributed by atoms with Crippen LogP contribution >= 0.6 is 0 Å². The zero-order chi connectivity index (χ0) is 29.9. The van der Waals surface area contributed by atoms with Gasteiger partial charge in [0.25, 0.3) is 11.6 Å². The summed E-state index contributed by atoms with van der Waals surface area (Å²) < 4.78 is 16.1. The Morgan fingerprint density at radius 1 is 1.00 bits per heavy atom. The van der Waals surface area contributed by atoms with Crippen molar-refractivity contribution in [3.05, 3.63) is 99.1 Å². The van der Waals surface area contributed by atoms with Crippen molar-refractivity contribution in [2.75, 3.05) is 45.4 Å². The molecule has 0 N–H and O–H groups in total. The van der Waals surface area contributed by atoms with Gasteiger partial charge in [-0.2, -0.15) is 5.10 Å². The van der Waals surface area contributed by atoms with Crippen LogP contribution in [-0.4, -0.2) is 62.1 Å². The molecule has 0 aromatic heterocycles. The second-order valence-electron chi connectivity index (χ2n) is 10.9. The van der Waals surface area contributed by atoms with E-state index in [1.807, 2.05) is 53.4 Å². The van der Waals surface area contributed by atoms with Crippen molar-refractivity contribution >= 4 is 29.1 Å². The molecule has 10 nitrogen and oxygen atoms in total. The number of amides is 1. The Morgan fingerprint density at radius 3 is 2.33 bits per heavy atom. The van der Waals surface area contributed by atoms with Crippen molar-refractivity contribution < 1.29 is 23.9 Å². The van der Waals surface area contributed by atoms with Crippen LogP contribution in [0.3, 0.4) is 0 Å². The van der Waals surface area contributed by atoms with Gasteiger partial charge in [0, 0.05) is 30.6 Å². The smallest absolute Gasteiger partial charge is 0.293 e. The summed E-state index contributed by atoms with van der Waals surface area (Å²) in [6.07, 6.45) is 4.80. The highest BCUT2D eigenvalue weighted by molar-refractivity contribution is 6.09. The second-order valence-corrected chi connectivity index (χ2v) is 10.9. The predicted molar refractivity (Wildman–Crippen MR) is 164 cm³/mol. The second kappa shape index (κ2) is 12.3. The molecule has 3 aromatic rings. The fraction of sp³-hybridized carbons (Fsp3) is 0.333. The maximum atomic E-state index is 14.2. The van der Waals surface area contributed by atoms with Crippen LogP contribution in [0.15, 0.2) is 77.4 Å². The van der Waals surface area contributed by atoms with Crippen LogP contribution in [0.1, 0.15) is 46.8 Å². The van der Waals surface area contributed by atoms with E-state index in [2.05, 4.69) is 6.08 Å². The Hall–Kier alpha value is -4.70. The number of methoxy groups -OCH3 is 2. The van der Waals surface area contributed by atoms with Crippen LogP contribution in [0.25, 0.3) is 6.08 Å². The molecule has 1 amide bonds. The number of hydrogen-bond donors (Lipinski definition) is 0. The molecule has 2 fully saturated rings. The number of anilines is 1. The number of nitrogens with zero attached hydrogens (tertiary/aromatic N) is 4. The molecule has 0 unspecified atom stereocenters. The molecule has 43 heavy (non-hydrogen) atoms. The van der Waals surface area contributed by atoms with Gasteiger partial charge in [-0.25, -0.2) is 5.01 Å². The van der Waals surface area contributed by atoms with Gasteiger partial charge in [0.05, 0.1) is 44.1 Å². The lowest BCUT2D eigenvalue weighted by atomic mass is 9.77. The number of hydrogen-bond acceptors (Lipinski definition) is 8. The number of carbonyl (C=O) groups is 1. The van der Waals surface area contributed by atoms with Crippen molar-refractivity contribution in [2.24, 2.45) is 11.0 Å². The van der Waals surface area contributed by atoms with Crippen LogP contribution in [0.5, 0.6) is 11.5 Å². The number of fused-ring (bicyclic) bond motifs is 1. The van der Waals surface area contributed by atoms with Gasteiger partial charge in [-0.15, -0.1) is 0 Å². The molecule has 1 saturated heterocycles. The maximum absolute atomic E-state index is 14.2. The summed E-state index contributed by atoms with van der Waals surface area (Å²) in [6, 6.07) is 19.9. The number of ether oxygens (including phenoxy) is 3. The minimum atomic E-state index is -0.423. The first-order valence-corrected chi connectivity index (χ1v) is 14.5. The molecule has 2 heterocycles. The number of allylic oxidation sites excluding steroid dienone is 1. The fourth-order valence-electron chi connectivity index (χ4n) is 6.21. The van der Waals surface area contributed by atoms with Crippen molar-refractivity contribution in [1.29, 1.82) is 0 Å². The van der Waals surface area contributed by atoms with Gasteiger partial charge in [-0.3, -0.25) is 14.9 Å². The van der Waals surface area contributed by atoms with E-state index in [0.29, 0.717) is 32.0 Å². The van der Waals surface area contributed by atoms with Gasteiger partial charge in [-0.1, -0.05) is 24.3 Å².